The van der Waals surface area contributed by atoms with Crippen LogP contribution in [-0.4, -0.2) is 55.2 Å². The van der Waals surface area contributed by atoms with Gasteiger partial charge < -0.3 is 25.8 Å². The number of hydrogen-bond donors (Lipinski definition) is 2. The highest BCUT2D eigenvalue weighted by molar-refractivity contribution is 5.76. The first kappa shape index (κ1) is 16.3. The molecule has 1 rings (SSSR count). The fraction of sp³-hybridized carbons (Fsp3) is 0.692. The van der Waals surface area contributed by atoms with Crippen molar-refractivity contribution in [1.82, 2.24) is 4.90 Å². The van der Waals surface area contributed by atoms with Crippen LogP contribution in [0.4, 0.5) is 4.79 Å². The maximum atomic E-state index is 12.0. The van der Waals surface area contributed by atoms with E-state index in [0.29, 0.717) is 31.9 Å². The summed E-state index contributed by atoms with van der Waals surface area (Å²) in [5.41, 5.74) is 10.6. The summed E-state index contributed by atoms with van der Waals surface area (Å²) in [6, 6.07) is 0. The van der Waals surface area contributed by atoms with Crippen molar-refractivity contribution in [2.75, 3.05) is 26.2 Å². The molecule has 0 saturated carbocycles. The molecule has 0 aromatic heterocycles. The van der Waals surface area contributed by atoms with Crippen LogP contribution in [0.15, 0.2) is 16.9 Å². The van der Waals surface area contributed by atoms with Gasteiger partial charge in [-0.1, -0.05) is 0 Å². The Labute approximate surface area is 119 Å². The van der Waals surface area contributed by atoms with Crippen molar-refractivity contribution in [1.29, 1.82) is 0 Å². The fourth-order valence-corrected chi connectivity index (χ4v) is 1.64. The highest BCUT2D eigenvalue weighted by Gasteiger charge is 2.27. The smallest absolute Gasteiger partial charge is 0.410 e. The molecule has 7 nitrogen and oxygen atoms in total. The van der Waals surface area contributed by atoms with Crippen molar-refractivity contribution < 1.29 is 14.3 Å². The maximum Gasteiger partial charge on any atom is 0.410 e. The average Bonchev–Trinajstić information content (AvgIpc) is 2.37. The molecule has 0 unspecified atom stereocenters. The van der Waals surface area contributed by atoms with E-state index in [1.807, 2.05) is 20.8 Å². The number of allylic oxidation sites excluding steroid dienone is 1. The molecule has 1 heterocycles. The van der Waals surface area contributed by atoms with Crippen LogP contribution >= 0.6 is 0 Å². The lowest BCUT2D eigenvalue weighted by Crippen LogP contribution is -2.48. The number of rotatable bonds is 3. The molecule has 0 aromatic rings. The van der Waals surface area contributed by atoms with Crippen molar-refractivity contribution >= 4 is 12.3 Å². The van der Waals surface area contributed by atoms with Gasteiger partial charge in [0, 0.05) is 19.0 Å². The molecule has 20 heavy (non-hydrogen) atoms. The summed E-state index contributed by atoms with van der Waals surface area (Å²) in [7, 11) is 0. The second-order valence-corrected chi connectivity index (χ2v) is 5.58. The monoisotopic (exact) mass is 284 g/mol. The third-order valence-electron chi connectivity index (χ3n) is 2.53. The molecular weight excluding hydrogens is 260 g/mol. The fourth-order valence-electron chi connectivity index (χ4n) is 1.64. The van der Waals surface area contributed by atoms with Crippen molar-refractivity contribution in [3.63, 3.8) is 0 Å². The molecule has 0 bridgehead atoms. The molecule has 7 heteroatoms. The molecule has 1 amide bonds. The Kier molecular flexibility index (Phi) is 5.82. The van der Waals surface area contributed by atoms with E-state index < -0.39 is 5.60 Å². The van der Waals surface area contributed by atoms with E-state index in [1.165, 1.54) is 12.4 Å². The average molecular weight is 284 g/mol. The van der Waals surface area contributed by atoms with E-state index in [4.69, 9.17) is 20.9 Å². The van der Waals surface area contributed by atoms with Crippen LogP contribution in [0.25, 0.3) is 0 Å². The zero-order valence-electron chi connectivity index (χ0n) is 12.3. The predicted molar refractivity (Wildman–Crippen MR) is 77.4 cm³/mol. The van der Waals surface area contributed by atoms with Gasteiger partial charge in [0.25, 0.3) is 0 Å². The van der Waals surface area contributed by atoms with Gasteiger partial charge in [-0.05, 0) is 20.8 Å². The SMILES string of the molecule is CC(C)(C)OC(=O)N1CCO[C@H](CN=C/C(N)=C\N)C1. The second-order valence-electron chi connectivity index (χ2n) is 5.58. The molecule has 1 fully saturated rings. The summed E-state index contributed by atoms with van der Waals surface area (Å²) < 4.78 is 10.9. The standard InChI is InChI=1S/C13H24N4O3/c1-13(2,3)20-12(18)17-4-5-19-11(9-17)8-16-7-10(15)6-14/h6-7,11H,4-5,8-9,14-15H2,1-3H3/b10-6+,16-7?/t11-/m1/s1. The molecule has 1 aliphatic rings. The first-order chi connectivity index (χ1) is 9.31. The number of morpholine rings is 1. The van der Waals surface area contributed by atoms with Gasteiger partial charge in [-0.15, -0.1) is 0 Å². The Morgan fingerprint density at radius 3 is 2.85 bits per heavy atom. The predicted octanol–water partition coefficient (Wildman–Crippen LogP) is 0.452. The molecule has 1 atom stereocenters. The minimum atomic E-state index is -0.497. The van der Waals surface area contributed by atoms with E-state index in [2.05, 4.69) is 4.99 Å². The Morgan fingerprint density at radius 2 is 2.25 bits per heavy atom. The highest BCUT2D eigenvalue weighted by atomic mass is 16.6. The molecule has 4 N–H and O–H groups in total. The highest BCUT2D eigenvalue weighted by Crippen LogP contribution is 2.13. The molecule has 1 aliphatic heterocycles. The Balaban J connectivity index is 2.46. The van der Waals surface area contributed by atoms with Crippen LogP contribution in [-0.2, 0) is 9.47 Å². The summed E-state index contributed by atoms with van der Waals surface area (Å²) in [6.07, 6.45) is 2.28. The summed E-state index contributed by atoms with van der Waals surface area (Å²) in [5, 5.41) is 0. The van der Waals surface area contributed by atoms with E-state index in [9.17, 15) is 4.79 Å². The number of nitrogens with two attached hydrogens (primary N) is 2. The van der Waals surface area contributed by atoms with Crippen molar-refractivity contribution in [3.8, 4) is 0 Å². The minimum Gasteiger partial charge on any atom is -0.444 e. The molecule has 0 aromatic carbocycles. The van der Waals surface area contributed by atoms with Gasteiger partial charge in [0.15, 0.2) is 0 Å². The minimum absolute atomic E-state index is 0.155. The zero-order chi connectivity index (χ0) is 15.2. The Morgan fingerprint density at radius 1 is 1.55 bits per heavy atom. The third-order valence-corrected chi connectivity index (χ3v) is 2.53. The van der Waals surface area contributed by atoms with Crippen LogP contribution in [0.1, 0.15) is 20.8 Å². The van der Waals surface area contributed by atoms with Gasteiger partial charge in [0.1, 0.15) is 5.60 Å². The van der Waals surface area contributed by atoms with Crippen LogP contribution in [0.2, 0.25) is 0 Å². The molecule has 0 aliphatic carbocycles. The number of amides is 1. The molecule has 114 valence electrons. The number of aliphatic imine (C=N–C) groups is 1. The molecule has 0 radical (unpaired) electrons. The number of ether oxygens (including phenoxy) is 2. The second kappa shape index (κ2) is 7.14. The zero-order valence-corrected chi connectivity index (χ0v) is 12.3. The van der Waals surface area contributed by atoms with Crippen LogP contribution < -0.4 is 11.5 Å². The van der Waals surface area contributed by atoms with E-state index in [1.54, 1.807) is 4.90 Å². The number of nitrogens with zero attached hydrogens (tertiary/aromatic N) is 2. The van der Waals surface area contributed by atoms with Crippen molar-refractivity contribution in [2.45, 2.75) is 32.5 Å². The number of carbonyl (C=O) groups excluding carboxylic acids is 1. The van der Waals surface area contributed by atoms with Crippen molar-refractivity contribution in [2.24, 2.45) is 16.5 Å². The summed E-state index contributed by atoms with van der Waals surface area (Å²) in [6.45, 7) is 7.41. The van der Waals surface area contributed by atoms with Gasteiger partial charge in [0.2, 0.25) is 0 Å². The summed E-state index contributed by atoms with van der Waals surface area (Å²) in [5.74, 6) is 0. The van der Waals surface area contributed by atoms with Gasteiger partial charge in [-0.3, -0.25) is 4.99 Å². The van der Waals surface area contributed by atoms with Gasteiger partial charge in [0.05, 0.1) is 31.5 Å². The van der Waals surface area contributed by atoms with E-state index in [-0.39, 0.29) is 12.2 Å². The Bertz CT molecular complexity index is 388. The number of carbonyl (C=O) groups is 1. The van der Waals surface area contributed by atoms with Crippen molar-refractivity contribution in [3.05, 3.63) is 11.9 Å². The first-order valence-electron chi connectivity index (χ1n) is 6.58. The molecule has 1 saturated heterocycles. The Hall–Kier alpha value is -1.76. The lowest BCUT2D eigenvalue weighted by atomic mass is 10.2. The van der Waals surface area contributed by atoms with Gasteiger partial charge >= 0.3 is 6.09 Å². The van der Waals surface area contributed by atoms with Crippen LogP contribution in [0.3, 0.4) is 0 Å². The summed E-state index contributed by atoms with van der Waals surface area (Å²) in [4.78, 5) is 17.7. The van der Waals surface area contributed by atoms with E-state index >= 15 is 0 Å². The van der Waals surface area contributed by atoms with Crippen LogP contribution in [0, 0.1) is 0 Å². The maximum absolute atomic E-state index is 12.0. The summed E-state index contributed by atoms with van der Waals surface area (Å²) >= 11 is 0. The number of hydrogen-bond acceptors (Lipinski definition) is 6. The quantitative estimate of drug-likeness (QED) is 0.732. The molecular formula is C13H24N4O3. The lowest BCUT2D eigenvalue weighted by Gasteiger charge is -2.33. The topological polar surface area (TPSA) is 103 Å². The molecule has 0 spiro atoms. The van der Waals surface area contributed by atoms with E-state index in [0.717, 1.165) is 0 Å². The lowest BCUT2D eigenvalue weighted by molar-refractivity contribution is -0.0382. The van der Waals surface area contributed by atoms with Gasteiger partial charge in [-0.2, -0.15) is 0 Å². The van der Waals surface area contributed by atoms with Gasteiger partial charge in [-0.25, -0.2) is 4.79 Å². The first-order valence-corrected chi connectivity index (χ1v) is 6.58. The third kappa shape index (κ3) is 5.92. The largest absolute Gasteiger partial charge is 0.444 e. The normalized spacial score (nSPS) is 21.2. The van der Waals surface area contributed by atoms with Crippen LogP contribution in [0.5, 0.6) is 0 Å².